The predicted molar refractivity (Wildman–Crippen MR) is 271 cm³/mol. The van der Waals surface area contributed by atoms with Gasteiger partial charge in [-0.05, 0) is 47.7 Å². The molecule has 2 saturated heterocycles. The number of rotatable bonds is 17. The molecular weight excluding hydrogens is 946 g/mol. The normalized spacial score (nSPS) is 21.6. The van der Waals surface area contributed by atoms with Crippen LogP contribution in [0, 0.1) is 34.5 Å². The van der Waals surface area contributed by atoms with E-state index in [1.54, 1.807) is 36.0 Å². The number of piperazine rings is 1. The Kier molecular flexibility index (Phi) is 16.4. The van der Waals surface area contributed by atoms with Crippen molar-refractivity contribution in [3.63, 3.8) is 0 Å². The average Bonchev–Trinajstić information content (AvgIpc) is 3.96. The van der Waals surface area contributed by atoms with E-state index in [2.05, 4.69) is 69.5 Å². The molecule has 4 aromatic rings. The molecule has 4 heterocycles. The Hall–Kier alpha value is -5.68. The van der Waals surface area contributed by atoms with E-state index in [4.69, 9.17) is 21.1 Å². The van der Waals surface area contributed by atoms with Crippen LogP contribution in [-0.2, 0) is 19.1 Å². The minimum absolute atomic E-state index is 0.0141. The summed E-state index contributed by atoms with van der Waals surface area (Å²) in [5.74, 6) is -0.366. The van der Waals surface area contributed by atoms with Gasteiger partial charge in [0.05, 0.1) is 57.6 Å². The van der Waals surface area contributed by atoms with E-state index in [0.717, 1.165) is 35.0 Å². The minimum atomic E-state index is -1.02. The quantitative estimate of drug-likeness (QED) is 0.0867. The van der Waals surface area contributed by atoms with E-state index in [-0.39, 0.29) is 50.8 Å². The van der Waals surface area contributed by atoms with E-state index >= 15 is 0 Å². The third-order valence-corrected chi connectivity index (χ3v) is 15.3. The number of ether oxygens (including phenoxy) is 2. The van der Waals surface area contributed by atoms with Crippen LogP contribution in [0.25, 0.3) is 10.4 Å². The highest BCUT2D eigenvalue weighted by molar-refractivity contribution is 7.13. The lowest BCUT2D eigenvalue weighted by Crippen LogP contribution is -2.74. The number of aryl methyl sites for hydroxylation is 1. The first-order chi connectivity index (χ1) is 33.6. The van der Waals surface area contributed by atoms with Crippen molar-refractivity contribution in [2.45, 2.75) is 98.2 Å². The van der Waals surface area contributed by atoms with Crippen molar-refractivity contribution >= 4 is 52.4 Å². The molecule has 0 radical (unpaired) electrons. The number of nitriles is 1. The van der Waals surface area contributed by atoms with Crippen LogP contribution in [0.15, 0.2) is 66.3 Å². The fourth-order valence-corrected chi connectivity index (χ4v) is 11.4. The van der Waals surface area contributed by atoms with E-state index in [0.29, 0.717) is 47.1 Å². The third-order valence-electron chi connectivity index (χ3n) is 14.0. The molecule has 19 heteroatoms. The van der Waals surface area contributed by atoms with Crippen LogP contribution in [0.2, 0.25) is 5.02 Å². The van der Waals surface area contributed by atoms with E-state index < -0.39 is 58.2 Å². The van der Waals surface area contributed by atoms with Crippen LogP contribution < -0.4 is 25.6 Å². The molecule has 3 fully saturated rings. The number of nitrogens with zero attached hydrogens (tertiary/aromatic N) is 6. The summed E-state index contributed by atoms with van der Waals surface area (Å²) in [5.41, 5.74) is 3.63. The number of halogens is 1. The van der Waals surface area contributed by atoms with Gasteiger partial charge in [0.25, 0.3) is 5.91 Å². The SMILES string of the molecule is Cc1ncsc1-c1ccc(C(CO)NC(=O)[C@@H]2C[C@@H](O)CN2C(=O)[C@@H](NC(=O)COCCN2CCN(c3ccc(C(=O)NC4C(C)(C)C(Oc5ccc(C#N)c(Cl)c5)C4(C)C)cn3)CC2)C(C)(C)C)cc1. The topological polar surface area (TPSA) is 223 Å². The van der Waals surface area contributed by atoms with Gasteiger partial charge in [-0.25, -0.2) is 9.97 Å². The fourth-order valence-electron chi connectivity index (χ4n) is 10.3. The Bertz CT molecular complexity index is 2570. The van der Waals surface area contributed by atoms with Crippen LogP contribution in [0.3, 0.4) is 0 Å². The van der Waals surface area contributed by atoms with Crippen LogP contribution in [0.5, 0.6) is 5.75 Å². The second-order valence-corrected chi connectivity index (χ2v) is 22.2. The number of anilines is 1. The molecule has 17 nitrogen and oxygen atoms in total. The van der Waals surface area contributed by atoms with Gasteiger partial charge in [-0.2, -0.15) is 5.26 Å². The van der Waals surface area contributed by atoms with Crippen molar-refractivity contribution in [3.05, 3.63) is 93.7 Å². The van der Waals surface area contributed by atoms with Gasteiger partial charge in [0.1, 0.15) is 42.4 Å². The lowest BCUT2D eigenvalue weighted by atomic mass is 9.49. The molecule has 0 spiro atoms. The van der Waals surface area contributed by atoms with Gasteiger partial charge in [-0.3, -0.25) is 24.1 Å². The van der Waals surface area contributed by atoms with Gasteiger partial charge in [0.15, 0.2) is 0 Å². The third kappa shape index (κ3) is 12.0. The monoisotopic (exact) mass is 1010 g/mol. The molecule has 4 amide bonds. The number of likely N-dealkylation sites (tertiary alicyclic amines) is 1. The Morgan fingerprint density at radius 1 is 0.986 bits per heavy atom. The summed E-state index contributed by atoms with van der Waals surface area (Å²) in [5, 5.41) is 39.4. The zero-order valence-corrected chi connectivity index (χ0v) is 43.3. The van der Waals surface area contributed by atoms with Gasteiger partial charge in [0, 0.05) is 74.8 Å². The first-order valence-corrected chi connectivity index (χ1v) is 25.3. The maximum Gasteiger partial charge on any atom is 0.253 e. The molecule has 1 unspecified atom stereocenters. The molecule has 3 aliphatic rings. The lowest BCUT2D eigenvalue weighted by Gasteiger charge is -2.63. The second kappa shape index (κ2) is 22.0. The standard InChI is InChI=1S/C52H66ClN9O8S/c1-31-43(71-30-56-31)33-11-9-32(10-12-33)39(28-63)57-46(67)40-23-36(64)27-62(40)47(68)44(50(2,3)4)58-42(65)29-69-22-21-60-17-19-61(20-18-60)41-16-14-35(26-55-41)45(66)59-48-51(5,6)49(52(48,7)8)70-37-15-13-34(25-54)38(53)24-37/h9-16,24,26,30,36,39-40,44,48-49,63-64H,17-23,27-29H2,1-8H3,(H,57,67)(H,58,65)(H,59,66)/t36-,39?,40+,44-,48?,49?/m1/s1. The molecule has 2 aromatic carbocycles. The van der Waals surface area contributed by atoms with Gasteiger partial charge in [0.2, 0.25) is 17.7 Å². The van der Waals surface area contributed by atoms with Crippen molar-refractivity contribution < 1.29 is 38.9 Å². The molecule has 2 aromatic heterocycles. The number of β-amino-alcohol motifs (C(OH)–C–C–N with tert-alkyl or cyclic N) is 1. The number of nitrogens with one attached hydrogen (secondary N) is 3. The number of pyridine rings is 1. The molecule has 380 valence electrons. The number of hydrogen-bond donors (Lipinski definition) is 5. The highest BCUT2D eigenvalue weighted by atomic mass is 35.5. The number of carbonyl (C=O) groups is 4. The summed E-state index contributed by atoms with van der Waals surface area (Å²) in [6.45, 7) is 18.7. The Morgan fingerprint density at radius 2 is 1.69 bits per heavy atom. The summed E-state index contributed by atoms with van der Waals surface area (Å²) < 4.78 is 12.2. The summed E-state index contributed by atoms with van der Waals surface area (Å²) >= 11 is 7.78. The predicted octanol–water partition coefficient (Wildman–Crippen LogP) is 5.13. The molecule has 7 rings (SSSR count). The average molecular weight is 1010 g/mol. The van der Waals surface area contributed by atoms with E-state index in [1.165, 1.54) is 16.2 Å². The van der Waals surface area contributed by atoms with Gasteiger partial charge in [-0.15, -0.1) is 11.3 Å². The number of aliphatic hydroxyl groups is 2. The Morgan fingerprint density at radius 3 is 2.28 bits per heavy atom. The lowest BCUT2D eigenvalue weighted by molar-refractivity contribution is -0.164. The van der Waals surface area contributed by atoms with Crippen molar-refractivity contribution in [1.82, 2.24) is 35.7 Å². The van der Waals surface area contributed by atoms with Crippen molar-refractivity contribution in [3.8, 4) is 22.3 Å². The zero-order valence-electron chi connectivity index (χ0n) is 41.7. The number of benzene rings is 2. The number of aromatic nitrogens is 2. The maximum atomic E-state index is 14.2. The molecule has 0 bridgehead atoms. The first-order valence-electron chi connectivity index (χ1n) is 24.0. The molecule has 2 aliphatic heterocycles. The van der Waals surface area contributed by atoms with Gasteiger partial charge in [-0.1, -0.05) is 84.3 Å². The molecule has 1 saturated carbocycles. The summed E-state index contributed by atoms with van der Waals surface area (Å²) in [6, 6.07) is 15.3. The second-order valence-electron chi connectivity index (χ2n) is 21.0. The van der Waals surface area contributed by atoms with Gasteiger partial charge >= 0.3 is 0 Å². The number of thiazole rings is 1. The molecule has 4 atom stereocenters. The van der Waals surface area contributed by atoms with Crippen molar-refractivity contribution in [2.75, 3.05) is 64.0 Å². The fraction of sp³-hybridized carbons (Fsp3) is 0.519. The molecule has 71 heavy (non-hydrogen) atoms. The molecular formula is C52H66ClN9O8S. The minimum Gasteiger partial charge on any atom is -0.489 e. The Labute approximate surface area is 424 Å². The number of carbonyl (C=O) groups excluding carboxylic acids is 4. The number of aliphatic hydroxyl groups excluding tert-OH is 2. The number of hydrogen-bond acceptors (Lipinski definition) is 14. The summed E-state index contributed by atoms with van der Waals surface area (Å²) in [6.07, 6.45) is 0.446. The largest absolute Gasteiger partial charge is 0.489 e. The Balaban J connectivity index is 0.838. The first kappa shape index (κ1) is 53.1. The summed E-state index contributed by atoms with van der Waals surface area (Å²) in [7, 11) is 0. The zero-order chi connectivity index (χ0) is 51.4. The van der Waals surface area contributed by atoms with Crippen LogP contribution in [0.4, 0.5) is 5.82 Å². The van der Waals surface area contributed by atoms with E-state index in [9.17, 15) is 34.7 Å². The van der Waals surface area contributed by atoms with Gasteiger partial charge < -0.3 is 45.4 Å². The molecule has 1 aliphatic carbocycles. The van der Waals surface area contributed by atoms with E-state index in [1.807, 2.05) is 58.0 Å². The van der Waals surface area contributed by atoms with Crippen LogP contribution >= 0.6 is 22.9 Å². The highest BCUT2D eigenvalue weighted by Crippen LogP contribution is 2.55. The smallest absolute Gasteiger partial charge is 0.253 e. The van der Waals surface area contributed by atoms with Crippen molar-refractivity contribution in [1.29, 1.82) is 5.26 Å². The number of amides is 4. The summed E-state index contributed by atoms with van der Waals surface area (Å²) in [4.78, 5) is 70.4. The van der Waals surface area contributed by atoms with Crippen molar-refractivity contribution in [2.24, 2.45) is 16.2 Å². The van der Waals surface area contributed by atoms with Crippen LogP contribution in [0.1, 0.15) is 88.1 Å². The van der Waals surface area contributed by atoms with Crippen LogP contribution in [-0.4, -0.2) is 143 Å². The maximum absolute atomic E-state index is 14.2. The molecule has 5 N–H and O–H groups in total. The highest BCUT2D eigenvalue weighted by Gasteiger charge is 2.64.